The Labute approximate surface area is 145 Å². The number of carboxylic acids is 1. The fraction of sp³-hybridized carbons (Fsp3) is 0.529. The molecule has 6 heteroatoms. The van der Waals surface area contributed by atoms with Crippen LogP contribution in [0.25, 0.3) is 0 Å². The van der Waals surface area contributed by atoms with Crippen LogP contribution in [0, 0.1) is 6.92 Å². The van der Waals surface area contributed by atoms with E-state index >= 15 is 0 Å². The van der Waals surface area contributed by atoms with Gasteiger partial charge in [-0.1, -0.05) is 35.0 Å². The second-order valence-electron chi connectivity index (χ2n) is 6.44. The van der Waals surface area contributed by atoms with Crippen LogP contribution in [0.2, 0.25) is 0 Å². The second kappa shape index (κ2) is 7.81. The van der Waals surface area contributed by atoms with Gasteiger partial charge in [-0.15, -0.1) is 0 Å². The standard InChI is InChI=1S/C17H24BrNO4/c1-6-9-19(16(22)23-17(3,4)5)14(15(20)21)12-8-7-11(2)10-13(12)18/h7-8,10,14H,6,9H2,1-5H3,(H,20,21). The maximum atomic E-state index is 12.5. The van der Waals surface area contributed by atoms with Crippen molar-refractivity contribution in [1.82, 2.24) is 4.90 Å². The molecule has 1 aromatic rings. The van der Waals surface area contributed by atoms with Crippen molar-refractivity contribution in [3.8, 4) is 0 Å². The highest BCUT2D eigenvalue weighted by molar-refractivity contribution is 9.10. The van der Waals surface area contributed by atoms with E-state index in [0.29, 0.717) is 23.0 Å². The fourth-order valence-electron chi connectivity index (χ4n) is 2.18. The maximum Gasteiger partial charge on any atom is 0.411 e. The molecule has 0 bridgehead atoms. The summed E-state index contributed by atoms with van der Waals surface area (Å²) in [5.74, 6) is -1.09. The fourth-order valence-corrected chi connectivity index (χ4v) is 2.89. The van der Waals surface area contributed by atoms with Crippen LogP contribution >= 0.6 is 15.9 Å². The van der Waals surface area contributed by atoms with Crippen LogP contribution in [0.4, 0.5) is 4.79 Å². The van der Waals surface area contributed by atoms with Crippen molar-refractivity contribution < 1.29 is 19.4 Å². The Morgan fingerprint density at radius 2 is 1.96 bits per heavy atom. The largest absolute Gasteiger partial charge is 0.479 e. The highest BCUT2D eigenvalue weighted by atomic mass is 79.9. The Morgan fingerprint density at radius 3 is 2.39 bits per heavy atom. The molecule has 1 unspecified atom stereocenters. The van der Waals surface area contributed by atoms with E-state index in [-0.39, 0.29) is 0 Å². The molecule has 0 aromatic heterocycles. The van der Waals surface area contributed by atoms with Gasteiger partial charge in [0.05, 0.1) is 0 Å². The van der Waals surface area contributed by atoms with Crippen LogP contribution in [-0.2, 0) is 9.53 Å². The Balaban J connectivity index is 3.26. The number of carbonyl (C=O) groups is 2. The van der Waals surface area contributed by atoms with Gasteiger partial charge in [-0.2, -0.15) is 0 Å². The van der Waals surface area contributed by atoms with Gasteiger partial charge in [0.1, 0.15) is 5.60 Å². The Kier molecular flexibility index (Phi) is 6.62. The molecule has 1 N–H and O–H groups in total. The summed E-state index contributed by atoms with van der Waals surface area (Å²) in [7, 11) is 0. The second-order valence-corrected chi connectivity index (χ2v) is 7.29. The molecule has 0 radical (unpaired) electrons. The van der Waals surface area contributed by atoms with Crippen LogP contribution in [0.1, 0.15) is 51.3 Å². The molecule has 128 valence electrons. The smallest absolute Gasteiger partial charge is 0.411 e. The quantitative estimate of drug-likeness (QED) is 0.808. The van der Waals surface area contributed by atoms with E-state index in [2.05, 4.69) is 15.9 Å². The van der Waals surface area contributed by atoms with Crippen molar-refractivity contribution in [3.63, 3.8) is 0 Å². The first kappa shape index (κ1) is 19.5. The summed E-state index contributed by atoms with van der Waals surface area (Å²) in [6.45, 7) is 9.38. The molecule has 1 rings (SSSR count). The highest BCUT2D eigenvalue weighted by Crippen LogP contribution is 2.30. The molecule has 0 spiro atoms. The third-order valence-corrected chi connectivity index (χ3v) is 3.78. The number of benzene rings is 1. The number of ether oxygens (including phenoxy) is 1. The summed E-state index contributed by atoms with van der Waals surface area (Å²) < 4.78 is 6.04. The molecule has 1 amide bonds. The molecule has 5 nitrogen and oxygen atoms in total. The predicted octanol–water partition coefficient (Wildman–Crippen LogP) is 4.53. The normalized spacial score (nSPS) is 12.6. The topological polar surface area (TPSA) is 66.8 Å². The molecule has 1 atom stereocenters. The Hall–Kier alpha value is -1.56. The monoisotopic (exact) mass is 385 g/mol. The van der Waals surface area contributed by atoms with E-state index < -0.39 is 23.7 Å². The van der Waals surface area contributed by atoms with Crippen LogP contribution in [0.3, 0.4) is 0 Å². The highest BCUT2D eigenvalue weighted by Gasteiger charge is 2.34. The first-order chi connectivity index (χ1) is 10.6. The van der Waals surface area contributed by atoms with E-state index in [0.717, 1.165) is 5.56 Å². The van der Waals surface area contributed by atoms with E-state index in [1.54, 1.807) is 26.8 Å². The molecular formula is C17H24BrNO4. The number of hydrogen-bond acceptors (Lipinski definition) is 3. The van der Waals surface area contributed by atoms with Gasteiger partial charge >= 0.3 is 12.1 Å². The zero-order valence-corrected chi connectivity index (χ0v) is 15.8. The summed E-state index contributed by atoms with van der Waals surface area (Å²) in [6.07, 6.45) is 0.00573. The van der Waals surface area contributed by atoms with Gasteiger partial charge < -0.3 is 9.84 Å². The summed E-state index contributed by atoms with van der Waals surface area (Å²) in [5, 5.41) is 9.69. The summed E-state index contributed by atoms with van der Waals surface area (Å²) in [4.78, 5) is 25.6. The van der Waals surface area contributed by atoms with Gasteiger partial charge in [0.25, 0.3) is 0 Å². The van der Waals surface area contributed by atoms with Crippen molar-refractivity contribution in [2.75, 3.05) is 6.54 Å². The predicted molar refractivity (Wildman–Crippen MR) is 92.5 cm³/mol. The molecule has 0 heterocycles. The van der Waals surface area contributed by atoms with Gasteiger partial charge in [-0.3, -0.25) is 4.90 Å². The maximum absolute atomic E-state index is 12.5. The Morgan fingerprint density at radius 1 is 1.35 bits per heavy atom. The molecule has 0 fully saturated rings. The molecule has 0 saturated heterocycles. The zero-order valence-electron chi connectivity index (χ0n) is 14.2. The number of nitrogens with zero attached hydrogens (tertiary/aromatic N) is 1. The lowest BCUT2D eigenvalue weighted by Gasteiger charge is -2.32. The van der Waals surface area contributed by atoms with E-state index in [4.69, 9.17) is 4.74 Å². The SMILES string of the molecule is CCCN(C(=O)OC(C)(C)C)C(C(=O)O)c1ccc(C)cc1Br. The molecule has 0 aliphatic carbocycles. The average molecular weight is 386 g/mol. The minimum Gasteiger partial charge on any atom is -0.479 e. The van der Waals surface area contributed by atoms with Crippen molar-refractivity contribution in [2.45, 2.75) is 52.7 Å². The first-order valence-electron chi connectivity index (χ1n) is 7.55. The minimum atomic E-state index is -1.10. The van der Waals surface area contributed by atoms with Gasteiger partial charge in [0, 0.05) is 16.6 Å². The van der Waals surface area contributed by atoms with E-state index in [1.165, 1.54) is 4.90 Å². The van der Waals surface area contributed by atoms with Crippen LogP contribution in [0.15, 0.2) is 22.7 Å². The molecule has 23 heavy (non-hydrogen) atoms. The number of carbonyl (C=O) groups excluding carboxylic acids is 1. The lowest BCUT2D eigenvalue weighted by atomic mass is 10.0. The first-order valence-corrected chi connectivity index (χ1v) is 8.34. The molecule has 0 aliphatic heterocycles. The number of aliphatic carboxylic acids is 1. The minimum absolute atomic E-state index is 0.298. The molecule has 0 aliphatic rings. The van der Waals surface area contributed by atoms with Crippen molar-refractivity contribution in [1.29, 1.82) is 0 Å². The van der Waals surface area contributed by atoms with Crippen LogP contribution < -0.4 is 0 Å². The number of aryl methyl sites for hydroxylation is 1. The number of hydrogen-bond donors (Lipinski definition) is 1. The number of rotatable bonds is 5. The van der Waals surface area contributed by atoms with E-state index in [9.17, 15) is 14.7 Å². The Bertz CT molecular complexity index is 580. The number of amides is 1. The van der Waals surface area contributed by atoms with Gasteiger partial charge in [0.2, 0.25) is 0 Å². The van der Waals surface area contributed by atoms with Crippen molar-refractivity contribution in [2.24, 2.45) is 0 Å². The van der Waals surface area contributed by atoms with Gasteiger partial charge in [0.15, 0.2) is 6.04 Å². The lowest BCUT2D eigenvalue weighted by molar-refractivity contribution is -0.143. The summed E-state index contributed by atoms with van der Waals surface area (Å²) in [5.41, 5.74) is 0.850. The van der Waals surface area contributed by atoms with Gasteiger partial charge in [-0.05, 0) is 45.7 Å². The zero-order chi connectivity index (χ0) is 17.8. The van der Waals surface area contributed by atoms with Crippen LogP contribution in [0.5, 0.6) is 0 Å². The summed E-state index contributed by atoms with van der Waals surface area (Å²) >= 11 is 3.40. The number of halogens is 1. The average Bonchev–Trinajstić information content (AvgIpc) is 2.38. The molecule has 1 aromatic carbocycles. The summed E-state index contributed by atoms with van der Waals surface area (Å²) in [6, 6.07) is 4.30. The number of carboxylic acid groups (broad SMARTS) is 1. The third kappa shape index (κ3) is 5.53. The van der Waals surface area contributed by atoms with Crippen molar-refractivity contribution >= 4 is 28.0 Å². The van der Waals surface area contributed by atoms with Crippen LogP contribution in [-0.4, -0.2) is 34.2 Å². The third-order valence-electron chi connectivity index (χ3n) is 3.09. The molecular weight excluding hydrogens is 362 g/mol. The van der Waals surface area contributed by atoms with E-state index in [1.807, 2.05) is 26.0 Å². The molecule has 0 saturated carbocycles. The van der Waals surface area contributed by atoms with Crippen molar-refractivity contribution in [3.05, 3.63) is 33.8 Å². The lowest BCUT2D eigenvalue weighted by Crippen LogP contribution is -2.42. The van der Waals surface area contributed by atoms with Gasteiger partial charge in [-0.25, -0.2) is 9.59 Å².